The van der Waals surface area contributed by atoms with Crippen LogP contribution in [-0.2, 0) is 0 Å². The molecule has 202 valence electrons. The molecular weight excluding hydrogens is 524 g/mol. The minimum absolute atomic E-state index is 0.299. The number of para-hydroxylation sites is 3. The third-order valence-electron chi connectivity index (χ3n) is 8.16. The molecule has 42 heavy (non-hydrogen) atoms. The summed E-state index contributed by atoms with van der Waals surface area (Å²) in [7, 11) is 0. The predicted octanol–water partition coefficient (Wildman–Crippen LogP) is 9.92. The Morgan fingerprint density at radius 3 is 1.48 bits per heavy atom. The maximum Gasteiger partial charge on any atom is 0.123 e. The van der Waals surface area contributed by atoms with Gasteiger partial charge >= 0.3 is 0 Å². The topological polar surface area (TPSA) is 47.4 Å². The summed E-state index contributed by atoms with van der Waals surface area (Å²) in [6, 6.07) is 40.2. The SMILES string of the molecule is Fc1cccc(-c2[nH]c3ccccc3c2C(c2cc3ccccc3[nH]2)c2c(-c3cccc(F)c3)[nH]c3ccccc23)c1. The second-order valence-electron chi connectivity index (χ2n) is 10.7. The van der Waals surface area contributed by atoms with Gasteiger partial charge in [-0.3, -0.25) is 0 Å². The number of rotatable bonds is 5. The van der Waals surface area contributed by atoms with E-state index >= 15 is 0 Å². The Morgan fingerprint density at radius 2 is 0.952 bits per heavy atom. The Kier molecular flexibility index (Phi) is 5.57. The fourth-order valence-corrected chi connectivity index (χ4v) is 6.38. The van der Waals surface area contributed by atoms with Gasteiger partial charge in [0.15, 0.2) is 0 Å². The third-order valence-corrected chi connectivity index (χ3v) is 8.16. The third kappa shape index (κ3) is 3.93. The van der Waals surface area contributed by atoms with Gasteiger partial charge in [-0.2, -0.15) is 0 Å². The van der Waals surface area contributed by atoms with Gasteiger partial charge in [-0.25, -0.2) is 8.78 Å². The van der Waals surface area contributed by atoms with E-state index in [-0.39, 0.29) is 17.6 Å². The molecule has 0 spiro atoms. The summed E-state index contributed by atoms with van der Waals surface area (Å²) in [5.74, 6) is -0.917. The summed E-state index contributed by atoms with van der Waals surface area (Å²) in [6.07, 6.45) is 0. The molecular formula is C37H25F2N3. The van der Waals surface area contributed by atoms with Crippen molar-refractivity contribution in [3.8, 4) is 22.5 Å². The van der Waals surface area contributed by atoms with E-state index in [1.807, 2.05) is 60.7 Å². The summed E-state index contributed by atoms with van der Waals surface area (Å²) in [4.78, 5) is 10.9. The average Bonchev–Trinajstić information content (AvgIpc) is 3.72. The number of hydrogen-bond donors (Lipinski definition) is 3. The van der Waals surface area contributed by atoms with Crippen LogP contribution in [0.25, 0.3) is 55.2 Å². The van der Waals surface area contributed by atoms with E-state index in [2.05, 4.69) is 45.3 Å². The summed E-state index contributed by atoms with van der Waals surface area (Å²) in [5, 5.41) is 3.17. The van der Waals surface area contributed by atoms with Crippen molar-refractivity contribution >= 4 is 32.7 Å². The van der Waals surface area contributed by atoms with Gasteiger partial charge in [-0.15, -0.1) is 0 Å². The Labute approximate surface area is 240 Å². The van der Waals surface area contributed by atoms with Gasteiger partial charge in [0, 0.05) is 44.1 Å². The van der Waals surface area contributed by atoms with E-state index in [4.69, 9.17) is 0 Å². The maximum atomic E-state index is 14.6. The van der Waals surface area contributed by atoms with E-state index in [9.17, 15) is 8.78 Å². The molecule has 0 saturated carbocycles. The Morgan fingerprint density at radius 1 is 0.452 bits per heavy atom. The van der Waals surface area contributed by atoms with Crippen molar-refractivity contribution in [1.29, 1.82) is 0 Å². The highest BCUT2D eigenvalue weighted by Gasteiger charge is 2.31. The first-order valence-corrected chi connectivity index (χ1v) is 13.9. The van der Waals surface area contributed by atoms with Gasteiger partial charge in [0.25, 0.3) is 0 Å². The molecule has 0 aliphatic rings. The van der Waals surface area contributed by atoms with Gasteiger partial charge in [-0.05, 0) is 65.0 Å². The highest BCUT2D eigenvalue weighted by atomic mass is 19.1. The molecule has 0 amide bonds. The van der Waals surface area contributed by atoms with Crippen molar-refractivity contribution in [3.05, 3.63) is 156 Å². The van der Waals surface area contributed by atoms with Crippen molar-refractivity contribution in [2.45, 2.75) is 5.92 Å². The number of H-pyrrole nitrogens is 3. The summed E-state index contributed by atoms with van der Waals surface area (Å²) in [6.45, 7) is 0. The Bertz CT molecular complexity index is 2090. The number of aromatic amines is 3. The number of fused-ring (bicyclic) bond motifs is 3. The standard InChI is InChI=1S/C37H25F2N3/c38-25-12-7-10-23(19-25)36-33(27-14-2-5-17-30(27)41-36)35(32-21-22-9-1-4-16-29(22)40-32)34-28-15-3-6-18-31(28)42-37(34)24-11-8-13-26(39)20-24/h1-21,35,40-42H. The smallest absolute Gasteiger partial charge is 0.123 e. The molecule has 3 aromatic heterocycles. The molecule has 0 saturated heterocycles. The minimum Gasteiger partial charge on any atom is -0.358 e. The van der Waals surface area contributed by atoms with Crippen LogP contribution in [0.5, 0.6) is 0 Å². The lowest BCUT2D eigenvalue weighted by atomic mass is 9.82. The van der Waals surface area contributed by atoms with Crippen LogP contribution in [-0.4, -0.2) is 15.0 Å². The zero-order valence-corrected chi connectivity index (χ0v) is 22.5. The minimum atomic E-state index is -0.318. The van der Waals surface area contributed by atoms with E-state index in [1.54, 1.807) is 24.3 Å². The van der Waals surface area contributed by atoms with Crippen molar-refractivity contribution < 1.29 is 8.78 Å². The highest BCUT2D eigenvalue weighted by molar-refractivity contribution is 5.98. The van der Waals surface area contributed by atoms with Crippen LogP contribution in [0.4, 0.5) is 8.78 Å². The molecule has 5 aromatic carbocycles. The average molecular weight is 550 g/mol. The second kappa shape index (κ2) is 9.60. The van der Waals surface area contributed by atoms with Crippen molar-refractivity contribution in [1.82, 2.24) is 15.0 Å². The largest absolute Gasteiger partial charge is 0.358 e. The van der Waals surface area contributed by atoms with Crippen molar-refractivity contribution in [2.75, 3.05) is 0 Å². The fourth-order valence-electron chi connectivity index (χ4n) is 6.38. The first kappa shape index (κ1) is 24.4. The van der Waals surface area contributed by atoms with Crippen LogP contribution >= 0.6 is 0 Å². The van der Waals surface area contributed by atoms with E-state index in [1.165, 1.54) is 12.1 Å². The molecule has 8 aromatic rings. The lowest BCUT2D eigenvalue weighted by Gasteiger charge is -2.20. The Balaban J connectivity index is 1.53. The lowest BCUT2D eigenvalue weighted by molar-refractivity contribution is 0.628. The maximum absolute atomic E-state index is 14.6. The zero-order valence-electron chi connectivity index (χ0n) is 22.5. The predicted molar refractivity (Wildman–Crippen MR) is 167 cm³/mol. The van der Waals surface area contributed by atoms with Gasteiger partial charge in [0.1, 0.15) is 11.6 Å². The number of aromatic nitrogens is 3. The van der Waals surface area contributed by atoms with Crippen LogP contribution in [0, 0.1) is 11.6 Å². The molecule has 3 nitrogen and oxygen atoms in total. The number of nitrogens with one attached hydrogen (secondary N) is 3. The second-order valence-corrected chi connectivity index (χ2v) is 10.7. The normalized spacial score (nSPS) is 11.8. The van der Waals surface area contributed by atoms with Crippen LogP contribution in [0.2, 0.25) is 0 Å². The van der Waals surface area contributed by atoms with Gasteiger partial charge in [0.2, 0.25) is 0 Å². The Hall–Kier alpha value is -5.42. The summed E-state index contributed by atoms with van der Waals surface area (Å²) < 4.78 is 29.3. The highest BCUT2D eigenvalue weighted by Crippen LogP contribution is 2.47. The number of halogens is 2. The lowest BCUT2D eigenvalue weighted by Crippen LogP contribution is -2.06. The van der Waals surface area contributed by atoms with Crippen LogP contribution in [0.15, 0.2) is 127 Å². The van der Waals surface area contributed by atoms with E-state index in [0.29, 0.717) is 0 Å². The molecule has 0 atom stereocenters. The van der Waals surface area contributed by atoms with Gasteiger partial charge in [0.05, 0.1) is 17.3 Å². The van der Waals surface area contributed by atoms with Crippen molar-refractivity contribution in [3.63, 3.8) is 0 Å². The zero-order chi connectivity index (χ0) is 28.2. The van der Waals surface area contributed by atoms with E-state index in [0.717, 1.165) is 72.0 Å². The fraction of sp³-hybridized carbons (Fsp3) is 0.0270. The molecule has 5 heteroatoms. The van der Waals surface area contributed by atoms with E-state index < -0.39 is 0 Å². The monoisotopic (exact) mass is 549 g/mol. The molecule has 0 unspecified atom stereocenters. The first-order chi connectivity index (χ1) is 20.6. The molecule has 0 aliphatic carbocycles. The molecule has 0 radical (unpaired) electrons. The first-order valence-electron chi connectivity index (χ1n) is 13.9. The van der Waals surface area contributed by atoms with Crippen LogP contribution in [0.3, 0.4) is 0 Å². The quantitative estimate of drug-likeness (QED) is 0.191. The molecule has 0 bridgehead atoms. The number of benzene rings is 5. The molecule has 8 rings (SSSR count). The molecule has 3 heterocycles. The van der Waals surface area contributed by atoms with Gasteiger partial charge in [-0.1, -0.05) is 78.9 Å². The molecule has 0 fully saturated rings. The van der Waals surface area contributed by atoms with Gasteiger partial charge < -0.3 is 15.0 Å². The summed E-state index contributed by atoms with van der Waals surface area (Å²) >= 11 is 0. The van der Waals surface area contributed by atoms with Crippen LogP contribution in [0.1, 0.15) is 22.7 Å². The number of hydrogen-bond acceptors (Lipinski definition) is 0. The van der Waals surface area contributed by atoms with Crippen LogP contribution < -0.4 is 0 Å². The molecule has 3 N–H and O–H groups in total. The molecule has 0 aliphatic heterocycles. The summed E-state index contributed by atoms with van der Waals surface area (Å²) in [5.41, 5.74) is 9.17. The van der Waals surface area contributed by atoms with Crippen molar-refractivity contribution in [2.24, 2.45) is 0 Å².